The van der Waals surface area contributed by atoms with Crippen molar-refractivity contribution in [1.29, 1.82) is 0 Å². The van der Waals surface area contributed by atoms with Gasteiger partial charge in [0, 0.05) is 51.1 Å². The quantitative estimate of drug-likeness (QED) is 0.117. The van der Waals surface area contributed by atoms with Crippen molar-refractivity contribution >= 4 is 121 Å². The molecule has 14 aromatic rings. The van der Waals surface area contributed by atoms with Gasteiger partial charge in [-0.15, -0.1) is 0 Å². The van der Waals surface area contributed by atoms with Crippen molar-refractivity contribution in [2.45, 2.75) is 76.2 Å². The predicted octanol–water partition coefficient (Wildman–Crippen LogP) is 16.4. The van der Waals surface area contributed by atoms with E-state index < -0.39 is 0 Å². The van der Waals surface area contributed by atoms with Gasteiger partial charge in [-0.2, -0.15) is 0 Å². The molecule has 8 aromatic carbocycles. The van der Waals surface area contributed by atoms with Crippen LogP contribution in [0.5, 0.6) is 0 Å². The smallest absolute Gasteiger partial charge is 0.113 e. The van der Waals surface area contributed by atoms with E-state index in [1.807, 2.05) is 184 Å². The summed E-state index contributed by atoms with van der Waals surface area (Å²) < 4.78 is 2.06. The van der Waals surface area contributed by atoms with Gasteiger partial charge >= 0.3 is 0 Å². The molecule has 446 valence electrons. The predicted molar refractivity (Wildman–Crippen MR) is 373 cm³/mol. The zero-order valence-corrected chi connectivity index (χ0v) is 54.7. The van der Waals surface area contributed by atoms with Crippen molar-refractivity contribution in [1.82, 2.24) is 59.8 Å². The lowest BCUT2D eigenvalue weighted by atomic mass is 10.1. The first-order valence-electron chi connectivity index (χ1n) is 28.6. The lowest BCUT2D eigenvalue weighted by Crippen LogP contribution is -1.99. The van der Waals surface area contributed by atoms with Crippen molar-refractivity contribution in [3.8, 4) is 22.5 Å². The summed E-state index contributed by atoms with van der Waals surface area (Å²) in [6.07, 6.45) is 8.45. The topological polar surface area (TPSA) is 259 Å². The first-order valence-corrected chi connectivity index (χ1v) is 30.1. The number of nitrogen functional groups attached to an aromatic ring is 4. The van der Waals surface area contributed by atoms with Gasteiger partial charge in [0.05, 0.1) is 95.7 Å². The largest absolute Gasteiger partial charge is 0.397 e. The van der Waals surface area contributed by atoms with Crippen LogP contribution < -0.4 is 22.9 Å². The molecule has 0 bridgehead atoms. The highest BCUT2D eigenvalue weighted by Gasteiger charge is 2.13. The molecule has 0 aliphatic carbocycles. The van der Waals surface area contributed by atoms with Crippen LogP contribution in [0.25, 0.3) is 88.7 Å². The second-order valence-corrected chi connectivity index (χ2v) is 22.9. The summed E-state index contributed by atoms with van der Waals surface area (Å²) in [6.45, 7) is 21.8. The first kappa shape index (κ1) is 63.5. The molecule has 0 amide bonds. The van der Waals surface area contributed by atoms with Crippen molar-refractivity contribution in [3.05, 3.63) is 235 Å². The van der Waals surface area contributed by atoms with Gasteiger partial charge in [-0.3, -0.25) is 24.9 Å². The maximum absolute atomic E-state index is 6.11. The van der Waals surface area contributed by atoms with Gasteiger partial charge in [0.2, 0.25) is 0 Å². The van der Waals surface area contributed by atoms with E-state index in [-0.39, 0.29) is 0 Å². The summed E-state index contributed by atoms with van der Waals surface area (Å²) >= 11 is 7.09. The number of rotatable bonds is 2. The minimum atomic E-state index is 0.710. The molecule has 0 saturated heterocycles. The van der Waals surface area contributed by atoms with Crippen LogP contribution in [0, 0.1) is 76.2 Å². The average Bonchev–Trinajstić information content (AvgIpc) is 2.87. The van der Waals surface area contributed by atoms with Crippen LogP contribution in [-0.4, -0.2) is 59.8 Å². The number of aromatic nitrogens is 12. The number of nitrogens with zero attached hydrogens (tertiary/aromatic N) is 12. The Morgan fingerprint density at radius 3 is 1.08 bits per heavy atom. The van der Waals surface area contributed by atoms with E-state index in [4.69, 9.17) is 32.9 Å². The summed E-state index contributed by atoms with van der Waals surface area (Å²) in [5, 5.41) is 0. The summed E-state index contributed by atoms with van der Waals surface area (Å²) in [6, 6.07) is 44.0. The number of fused-ring (bicyclic) bond motifs is 6. The number of anilines is 4. The Morgan fingerprint density at radius 2 is 0.596 bits per heavy atom. The highest BCUT2D eigenvalue weighted by Crippen LogP contribution is 2.31. The van der Waals surface area contributed by atoms with Crippen molar-refractivity contribution in [2.24, 2.45) is 0 Å². The molecule has 0 saturated carbocycles. The van der Waals surface area contributed by atoms with Crippen LogP contribution in [0.1, 0.15) is 61.9 Å². The molecule has 6 heterocycles. The van der Waals surface area contributed by atoms with Gasteiger partial charge < -0.3 is 22.9 Å². The van der Waals surface area contributed by atoms with Gasteiger partial charge in [-0.05, 0) is 178 Å². The van der Waals surface area contributed by atoms with Crippen LogP contribution in [0.4, 0.5) is 22.7 Å². The SMILES string of the molecule is Cc1ccc2nc(C)c(-c3ccccc3)nc2c1Br.Cc1ccc2nc(C)c(-c3ccccc3)nc2c1N.Cc1ccc2nc(C)c(C)nc2c1N.Cc1ccc2nccnc2c1Br.Cc1ccc2nccnc2c1N.Cc1cnc2c(N)c(C)ccc2n1. The van der Waals surface area contributed by atoms with Crippen LogP contribution in [0.3, 0.4) is 0 Å². The van der Waals surface area contributed by atoms with E-state index in [2.05, 4.69) is 107 Å². The minimum Gasteiger partial charge on any atom is -0.397 e. The summed E-state index contributed by atoms with van der Waals surface area (Å²) in [5.74, 6) is 0. The molecule has 0 atom stereocenters. The number of benzene rings is 8. The first-order chi connectivity index (χ1) is 42.7. The standard InChI is InChI=1S/C16H13BrN2.C16H15N3.C11H13N3.C10H11N3.C9H7BrN2.C9H9N3/c2*1-10-8-9-13-16(14(10)17)19-15(11(2)18-13)12-6-4-3-5-7-12;1-6-4-5-9-11(10(6)12)14-8(3)7(2)13-9;1-6-3-4-8-10(9(6)11)12-5-7(2)13-8;2*1-6-2-3-7-9(8(6)10)12-5-4-11-7/h3-9H,1-2H3;3-9H,17H2,1-2H3;4-5H,12H2,1-3H3;3-5H,11H2,1-2H3;2-5H,1H3;2-5H,10H2,1H3. The average molecular weight is 1310 g/mol. The Hall–Kier alpha value is -10.0. The Balaban J connectivity index is 0.000000128. The highest BCUT2D eigenvalue weighted by molar-refractivity contribution is 9.11. The summed E-state index contributed by atoms with van der Waals surface area (Å²) in [5.41, 5.74) is 52.2. The van der Waals surface area contributed by atoms with Crippen LogP contribution >= 0.6 is 31.9 Å². The minimum absolute atomic E-state index is 0.710. The third-order valence-corrected chi connectivity index (χ3v) is 16.8. The van der Waals surface area contributed by atoms with Crippen LogP contribution in [0.15, 0.2) is 173 Å². The van der Waals surface area contributed by atoms with E-state index in [0.717, 1.165) is 165 Å². The molecule has 18 heteroatoms. The maximum atomic E-state index is 6.11. The van der Waals surface area contributed by atoms with Gasteiger partial charge in [0.1, 0.15) is 33.1 Å². The Bertz CT molecular complexity index is 4680. The van der Waals surface area contributed by atoms with Crippen molar-refractivity contribution in [3.63, 3.8) is 0 Å². The Kier molecular flexibility index (Phi) is 20.1. The molecule has 14 rings (SSSR count). The van der Waals surface area contributed by atoms with Gasteiger partial charge in [-0.25, -0.2) is 34.9 Å². The fraction of sp³-hybridized carbons (Fsp3) is 0.155. The molecular formula is C71H68Br2N16. The molecule has 0 spiro atoms. The summed E-state index contributed by atoms with van der Waals surface area (Å²) in [4.78, 5) is 53.0. The highest BCUT2D eigenvalue weighted by atomic mass is 79.9. The van der Waals surface area contributed by atoms with E-state index in [1.165, 1.54) is 11.1 Å². The number of halogens is 2. The normalized spacial score (nSPS) is 10.7. The number of hydrogen-bond acceptors (Lipinski definition) is 16. The molecular weight excluding hydrogens is 1240 g/mol. The number of nitrogens with two attached hydrogens (primary N) is 4. The van der Waals surface area contributed by atoms with E-state index in [1.54, 1.807) is 31.0 Å². The second kappa shape index (κ2) is 28.2. The Morgan fingerprint density at radius 1 is 0.270 bits per heavy atom. The molecule has 8 N–H and O–H groups in total. The van der Waals surface area contributed by atoms with Gasteiger partial charge in [0.15, 0.2) is 0 Å². The molecule has 0 aliphatic heterocycles. The maximum Gasteiger partial charge on any atom is 0.113 e. The second-order valence-electron chi connectivity index (χ2n) is 21.3. The third kappa shape index (κ3) is 14.7. The van der Waals surface area contributed by atoms with Crippen LogP contribution in [0.2, 0.25) is 0 Å². The molecule has 0 radical (unpaired) electrons. The third-order valence-electron chi connectivity index (χ3n) is 14.8. The van der Waals surface area contributed by atoms with E-state index >= 15 is 0 Å². The molecule has 6 aromatic heterocycles. The van der Waals surface area contributed by atoms with E-state index in [9.17, 15) is 0 Å². The molecule has 89 heavy (non-hydrogen) atoms. The fourth-order valence-electron chi connectivity index (χ4n) is 9.33. The van der Waals surface area contributed by atoms with Crippen molar-refractivity contribution < 1.29 is 0 Å². The molecule has 0 unspecified atom stereocenters. The zero-order chi connectivity index (χ0) is 63.6. The number of aryl methyl sites for hydroxylation is 11. The zero-order valence-electron chi connectivity index (χ0n) is 51.5. The number of hydrogen-bond donors (Lipinski definition) is 4. The van der Waals surface area contributed by atoms with Crippen molar-refractivity contribution in [2.75, 3.05) is 22.9 Å². The van der Waals surface area contributed by atoms with E-state index in [0.29, 0.717) is 5.69 Å². The monoisotopic (exact) mass is 1300 g/mol. The van der Waals surface area contributed by atoms with Crippen LogP contribution in [-0.2, 0) is 0 Å². The molecule has 16 nitrogen and oxygen atoms in total. The molecule has 0 fully saturated rings. The van der Waals surface area contributed by atoms with Gasteiger partial charge in [-0.1, -0.05) is 97.1 Å². The molecule has 0 aliphatic rings. The van der Waals surface area contributed by atoms with Gasteiger partial charge in [0.25, 0.3) is 0 Å². The lowest BCUT2D eigenvalue weighted by molar-refractivity contribution is 1.10. The summed E-state index contributed by atoms with van der Waals surface area (Å²) in [7, 11) is 0. The lowest BCUT2D eigenvalue weighted by Gasteiger charge is -2.09. The Labute approximate surface area is 534 Å². The fourth-order valence-corrected chi connectivity index (χ4v) is 10.2.